The van der Waals surface area contributed by atoms with Gasteiger partial charge < -0.3 is 20.1 Å². The van der Waals surface area contributed by atoms with Crippen molar-refractivity contribution < 1.29 is 14.3 Å². The van der Waals surface area contributed by atoms with Gasteiger partial charge in [0.1, 0.15) is 12.4 Å². The van der Waals surface area contributed by atoms with E-state index in [1.807, 2.05) is 25.1 Å². The minimum atomic E-state index is 0. The molecular formula is C16H25ClN2O3. The Kier molecular flexibility index (Phi) is 8.24. The van der Waals surface area contributed by atoms with E-state index in [0.29, 0.717) is 31.3 Å². The van der Waals surface area contributed by atoms with Crippen molar-refractivity contribution in [1.29, 1.82) is 0 Å². The van der Waals surface area contributed by atoms with Crippen molar-refractivity contribution in [3.05, 3.63) is 23.8 Å². The zero-order valence-corrected chi connectivity index (χ0v) is 14.0. The summed E-state index contributed by atoms with van der Waals surface area (Å²) in [6, 6.07) is 5.79. The van der Waals surface area contributed by atoms with Crippen LogP contribution in [0.25, 0.3) is 0 Å². The third kappa shape index (κ3) is 5.83. The van der Waals surface area contributed by atoms with Crippen LogP contribution in [0.15, 0.2) is 18.2 Å². The van der Waals surface area contributed by atoms with Crippen LogP contribution in [0.3, 0.4) is 0 Å². The Morgan fingerprint density at radius 1 is 1.41 bits per heavy atom. The summed E-state index contributed by atoms with van der Waals surface area (Å²) in [5.41, 5.74) is 1.83. The lowest BCUT2D eigenvalue weighted by atomic mass is 10.0. The highest BCUT2D eigenvalue weighted by atomic mass is 35.5. The number of ether oxygens (including phenoxy) is 2. The molecule has 0 bridgehead atoms. The summed E-state index contributed by atoms with van der Waals surface area (Å²) in [5.74, 6) is 1.18. The molecule has 6 heteroatoms. The number of carbonyl (C=O) groups excluding carboxylic acids is 1. The molecule has 0 aromatic heterocycles. The number of rotatable bonds is 7. The van der Waals surface area contributed by atoms with Gasteiger partial charge in [0.15, 0.2) is 0 Å². The summed E-state index contributed by atoms with van der Waals surface area (Å²) in [5, 5.41) is 6.24. The van der Waals surface area contributed by atoms with Crippen LogP contribution in [0.4, 0.5) is 5.69 Å². The Morgan fingerprint density at radius 2 is 2.23 bits per heavy atom. The smallest absolute Gasteiger partial charge is 0.224 e. The standard InChI is InChI=1S/C16H24N2O3.ClH/c1-12-3-4-14(15(9-12)21-8-7-20-2)18-16(19)10-13-5-6-17-11-13;/h3-4,9,13,17H,5-8,10-11H2,1-2H3,(H,18,19);1H. The van der Waals surface area contributed by atoms with Crippen molar-refractivity contribution in [3.63, 3.8) is 0 Å². The maximum atomic E-state index is 12.1. The molecule has 22 heavy (non-hydrogen) atoms. The normalized spacial score (nSPS) is 16.9. The highest BCUT2D eigenvalue weighted by Gasteiger charge is 2.18. The third-order valence-electron chi connectivity index (χ3n) is 3.59. The fourth-order valence-electron chi connectivity index (χ4n) is 2.44. The van der Waals surface area contributed by atoms with Crippen molar-refractivity contribution in [2.24, 2.45) is 5.92 Å². The van der Waals surface area contributed by atoms with Crippen LogP contribution in [0.5, 0.6) is 5.75 Å². The molecule has 1 aromatic carbocycles. The molecule has 1 fully saturated rings. The Labute approximate surface area is 138 Å². The number of amides is 1. The topological polar surface area (TPSA) is 59.6 Å². The van der Waals surface area contributed by atoms with Gasteiger partial charge >= 0.3 is 0 Å². The zero-order chi connectivity index (χ0) is 15.1. The molecular weight excluding hydrogens is 304 g/mol. The van der Waals surface area contributed by atoms with Gasteiger partial charge in [-0.2, -0.15) is 0 Å². The van der Waals surface area contributed by atoms with Crippen molar-refractivity contribution in [2.45, 2.75) is 19.8 Å². The maximum Gasteiger partial charge on any atom is 0.224 e. The predicted octanol–water partition coefficient (Wildman–Crippen LogP) is 2.38. The molecule has 2 N–H and O–H groups in total. The van der Waals surface area contributed by atoms with Gasteiger partial charge in [0.25, 0.3) is 0 Å². The number of nitrogens with one attached hydrogen (secondary N) is 2. The Morgan fingerprint density at radius 3 is 2.91 bits per heavy atom. The van der Waals surface area contributed by atoms with E-state index in [1.54, 1.807) is 7.11 Å². The number of carbonyl (C=O) groups is 1. The van der Waals surface area contributed by atoms with Crippen molar-refractivity contribution in [1.82, 2.24) is 5.32 Å². The summed E-state index contributed by atoms with van der Waals surface area (Å²) in [7, 11) is 1.64. The van der Waals surface area contributed by atoms with E-state index < -0.39 is 0 Å². The molecule has 1 heterocycles. The Hall–Kier alpha value is -1.30. The molecule has 1 amide bonds. The number of benzene rings is 1. The van der Waals surface area contributed by atoms with Crippen LogP contribution in [-0.4, -0.2) is 39.3 Å². The number of halogens is 1. The molecule has 1 atom stereocenters. The zero-order valence-electron chi connectivity index (χ0n) is 13.2. The van der Waals surface area contributed by atoms with E-state index in [9.17, 15) is 4.79 Å². The van der Waals surface area contributed by atoms with Gasteiger partial charge in [0.2, 0.25) is 5.91 Å². The molecule has 1 aromatic rings. The first-order valence-electron chi connectivity index (χ1n) is 7.42. The number of hydrogen-bond acceptors (Lipinski definition) is 4. The van der Waals surface area contributed by atoms with Gasteiger partial charge in [0.05, 0.1) is 12.3 Å². The molecule has 0 aliphatic carbocycles. The average molecular weight is 329 g/mol. The lowest BCUT2D eigenvalue weighted by Gasteiger charge is -2.14. The summed E-state index contributed by atoms with van der Waals surface area (Å²) in [6.07, 6.45) is 1.62. The monoisotopic (exact) mass is 328 g/mol. The quantitative estimate of drug-likeness (QED) is 0.754. The van der Waals surface area contributed by atoms with Gasteiger partial charge in [-0.15, -0.1) is 12.4 Å². The molecule has 1 saturated heterocycles. The van der Waals surface area contributed by atoms with E-state index in [0.717, 1.165) is 30.8 Å². The van der Waals surface area contributed by atoms with Crippen molar-refractivity contribution >= 4 is 24.0 Å². The molecule has 0 spiro atoms. The summed E-state index contributed by atoms with van der Waals surface area (Å²) >= 11 is 0. The first kappa shape index (κ1) is 18.7. The van der Waals surface area contributed by atoms with E-state index in [-0.39, 0.29) is 18.3 Å². The minimum Gasteiger partial charge on any atom is -0.489 e. The minimum absolute atomic E-state index is 0. The molecule has 124 valence electrons. The van der Waals surface area contributed by atoms with Crippen LogP contribution in [0, 0.1) is 12.8 Å². The average Bonchev–Trinajstić information content (AvgIpc) is 2.95. The Bertz CT molecular complexity index is 476. The molecule has 5 nitrogen and oxygen atoms in total. The van der Waals surface area contributed by atoms with E-state index >= 15 is 0 Å². The van der Waals surface area contributed by atoms with E-state index in [4.69, 9.17) is 9.47 Å². The van der Waals surface area contributed by atoms with Gasteiger partial charge in [-0.05, 0) is 50.0 Å². The molecule has 1 unspecified atom stereocenters. The molecule has 1 aliphatic rings. The van der Waals surface area contributed by atoms with Gasteiger partial charge in [-0.25, -0.2) is 0 Å². The van der Waals surface area contributed by atoms with Gasteiger partial charge in [-0.3, -0.25) is 4.79 Å². The summed E-state index contributed by atoms with van der Waals surface area (Å²) in [6.45, 7) is 4.93. The first-order valence-corrected chi connectivity index (χ1v) is 7.42. The van der Waals surface area contributed by atoms with Crippen molar-refractivity contribution in [2.75, 3.05) is 38.7 Å². The SMILES string of the molecule is COCCOc1cc(C)ccc1NC(=O)CC1CCNC1.Cl. The maximum absolute atomic E-state index is 12.1. The summed E-state index contributed by atoms with van der Waals surface area (Å²) in [4.78, 5) is 12.1. The number of methoxy groups -OCH3 is 1. The van der Waals surface area contributed by atoms with Crippen LogP contribution in [0.1, 0.15) is 18.4 Å². The molecule has 0 saturated carbocycles. The van der Waals surface area contributed by atoms with Crippen LogP contribution in [-0.2, 0) is 9.53 Å². The highest BCUT2D eigenvalue weighted by Crippen LogP contribution is 2.26. The van der Waals surface area contributed by atoms with E-state index in [2.05, 4.69) is 10.6 Å². The van der Waals surface area contributed by atoms with Gasteiger partial charge in [-0.1, -0.05) is 6.07 Å². The predicted molar refractivity (Wildman–Crippen MR) is 90.0 cm³/mol. The fraction of sp³-hybridized carbons (Fsp3) is 0.562. The number of aryl methyl sites for hydroxylation is 1. The van der Waals surface area contributed by atoms with Gasteiger partial charge in [0, 0.05) is 13.5 Å². The second kappa shape index (κ2) is 9.66. The van der Waals surface area contributed by atoms with Crippen LogP contribution in [0.2, 0.25) is 0 Å². The van der Waals surface area contributed by atoms with Crippen LogP contribution >= 0.6 is 12.4 Å². The molecule has 0 radical (unpaired) electrons. The second-order valence-electron chi connectivity index (χ2n) is 5.45. The molecule has 1 aliphatic heterocycles. The highest BCUT2D eigenvalue weighted by molar-refractivity contribution is 5.92. The number of hydrogen-bond donors (Lipinski definition) is 2. The fourth-order valence-corrected chi connectivity index (χ4v) is 2.44. The van der Waals surface area contributed by atoms with E-state index in [1.165, 1.54) is 0 Å². The number of anilines is 1. The lowest BCUT2D eigenvalue weighted by Crippen LogP contribution is -2.19. The largest absolute Gasteiger partial charge is 0.489 e. The lowest BCUT2D eigenvalue weighted by molar-refractivity contribution is -0.117. The first-order chi connectivity index (χ1) is 10.2. The third-order valence-corrected chi connectivity index (χ3v) is 3.59. The van der Waals surface area contributed by atoms with Crippen LogP contribution < -0.4 is 15.4 Å². The Balaban J connectivity index is 0.00000242. The summed E-state index contributed by atoms with van der Waals surface area (Å²) < 4.78 is 10.7. The van der Waals surface area contributed by atoms with Crippen molar-refractivity contribution in [3.8, 4) is 5.75 Å². The second-order valence-corrected chi connectivity index (χ2v) is 5.45. The molecule has 2 rings (SSSR count).